The highest BCUT2D eigenvalue weighted by atomic mass is 16.8. The molecule has 2 fully saturated rings. The number of aliphatic hydroxyl groups is 3. The van der Waals surface area contributed by atoms with Crippen molar-refractivity contribution in [2.75, 3.05) is 6.61 Å². The number of phenolic OH excluding ortho intramolecular Hbond substituents is 3. The van der Waals surface area contributed by atoms with Crippen LogP contribution in [0.5, 0.6) is 17.2 Å². The van der Waals surface area contributed by atoms with Crippen LogP contribution in [0.2, 0.25) is 0 Å². The van der Waals surface area contributed by atoms with Crippen LogP contribution in [-0.2, 0) is 38.1 Å². The number of phenols is 3. The number of carbonyl (C=O) groups is 3. The van der Waals surface area contributed by atoms with Crippen molar-refractivity contribution < 1.29 is 73.8 Å². The van der Waals surface area contributed by atoms with E-state index in [0.29, 0.717) is 11.1 Å². The van der Waals surface area contributed by atoms with Crippen molar-refractivity contribution >= 4 is 30.1 Å². The largest absolute Gasteiger partial charge is 0.508 e. The van der Waals surface area contributed by atoms with Gasteiger partial charge in [-0.3, -0.25) is 0 Å². The van der Waals surface area contributed by atoms with Crippen molar-refractivity contribution in [1.29, 1.82) is 0 Å². The SMILES string of the molecule is CC1(OC(=O)C=Cc2ccc(O)cc2)CCC2C(C(=O)O)=COC(OC3OC(COC(=O)C=Cc4ccc(O)c(O)c4)C(O)C(O)C3O)C21. The fourth-order valence-electron chi connectivity index (χ4n) is 6.13. The number of hydrogen-bond donors (Lipinski definition) is 7. The molecule has 9 atom stereocenters. The van der Waals surface area contributed by atoms with Crippen molar-refractivity contribution in [3.63, 3.8) is 0 Å². The van der Waals surface area contributed by atoms with E-state index in [1.54, 1.807) is 19.1 Å². The Balaban J connectivity index is 1.28. The van der Waals surface area contributed by atoms with Gasteiger partial charge in [-0.2, -0.15) is 0 Å². The smallest absolute Gasteiger partial charge is 0.334 e. The third-order valence-corrected chi connectivity index (χ3v) is 8.74. The molecule has 5 rings (SSSR count). The van der Waals surface area contributed by atoms with Crippen LogP contribution >= 0.6 is 0 Å². The van der Waals surface area contributed by atoms with Gasteiger partial charge in [0, 0.05) is 18.1 Å². The number of fused-ring (bicyclic) bond motifs is 1. The van der Waals surface area contributed by atoms with E-state index in [-0.39, 0.29) is 29.9 Å². The highest BCUT2D eigenvalue weighted by Gasteiger charge is 2.58. The van der Waals surface area contributed by atoms with Gasteiger partial charge in [-0.25, -0.2) is 14.4 Å². The third kappa shape index (κ3) is 8.04. The molecule has 2 heterocycles. The maximum absolute atomic E-state index is 12.9. The summed E-state index contributed by atoms with van der Waals surface area (Å²) < 4.78 is 28.3. The van der Waals surface area contributed by atoms with Gasteiger partial charge in [0.25, 0.3) is 0 Å². The Labute approximate surface area is 279 Å². The van der Waals surface area contributed by atoms with Crippen LogP contribution in [0.4, 0.5) is 0 Å². The minimum Gasteiger partial charge on any atom is -0.508 e. The van der Waals surface area contributed by atoms with Crippen LogP contribution in [0.3, 0.4) is 0 Å². The highest BCUT2D eigenvalue weighted by Crippen LogP contribution is 2.51. The van der Waals surface area contributed by atoms with Crippen molar-refractivity contribution in [2.45, 2.75) is 62.4 Å². The summed E-state index contributed by atoms with van der Waals surface area (Å²) in [6, 6.07) is 9.95. The minimum absolute atomic E-state index is 0.0537. The lowest BCUT2D eigenvalue weighted by molar-refractivity contribution is -0.346. The van der Waals surface area contributed by atoms with E-state index in [1.807, 2.05) is 0 Å². The van der Waals surface area contributed by atoms with E-state index in [4.69, 9.17) is 23.7 Å². The van der Waals surface area contributed by atoms with Gasteiger partial charge in [0.2, 0.25) is 6.29 Å². The quantitative estimate of drug-likeness (QED) is 0.107. The standard InChI is InChI=1S/C34H36O15/c1-34(49-26(39)11-5-17-2-7-19(35)8-3-17)13-12-20-21(31(43)44)15-46-32(27(20)34)48-33-30(42)29(41)28(40)24(47-33)16-45-25(38)10-6-18-4-9-22(36)23(37)14-18/h2-11,14-15,20,24,27-30,32-33,35-37,40-42H,12-13,16H2,1H3,(H,43,44). The fourth-order valence-corrected chi connectivity index (χ4v) is 6.13. The molecule has 2 aliphatic heterocycles. The fraction of sp³-hybridized carbons (Fsp3) is 0.382. The molecule has 3 aliphatic rings. The van der Waals surface area contributed by atoms with Gasteiger partial charge in [0.1, 0.15) is 42.4 Å². The molecule has 0 radical (unpaired) electrons. The molecule has 49 heavy (non-hydrogen) atoms. The van der Waals surface area contributed by atoms with Crippen molar-refractivity contribution in [1.82, 2.24) is 0 Å². The Bertz CT molecular complexity index is 1630. The second kappa shape index (κ2) is 14.7. The number of ether oxygens (including phenoxy) is 5. The number of benzene rings is 2. The summed E-state index contributed by atoms with van der Waals surface area (Å²) in [6.07, 6.45) is -3.28. The molecule has 1 saturated heterocycles. The number of rotatable bonds is 10. The van der Waals surface area contributed by atoms with Crippen LogP contribution in [0.1, 0.15) is 30.9 Å². The van der Waals surface area contributed by atoms with Crippen molar-refractivity contribution in [3.05, 3.63) is 77.6 Å². The summed E-state index contributed by atoms with van der Waals surface area (Å²) in [5.41, 5.74) is -0.420. The summed E-state index contributed by atoms with van der Waals surface area (Å²) in [5, 5.41) is 70.2. The van der Waals surface area contributed by atoms with E-state index >= 15 is 0 Å². The van der Waals surface area contributed by atoms with E-state index in [9.17, 15) is 50.1 Å². The highest BCUT2D eigenvalue weighted by molar-refractivity contribution is 5.88. The van der Waals surface area contributed by atoms with Crippen LogP contribution in [0.15, 0.2) is 66.5 Å². The molecule has 262 valence electrons. The van der Waals surface area contributed by atoms with Crippen molar-refractivity contribution in [2.24, 2.45) is 11.8 Å². The normalized spacial score (nSPS) is 31.1. The molecule has 7 N–H and O–H groups in total. The molecular formula is C34H36O15. The second-order valence-corrected chi connectivity index (χ2v) is 12.1. The molecule has 2 aromatic rings. The first kappa shape index (κ1) is 35.4. The number of carbonyl (C=O) groups excluding carboxylic acids is 2. The van der Waals surface area contributed by atoms with Gasteiger partial charge in [0.15, 0.2) is 17.8 Å². The second-order valence-electron chi connectivity index (χ2n) is 12.1. The monoisotopic (exact) mass is 684 g/mol. The Kier molecular flexibility index (Phi) is 10.6. The number of hydrogen-bond acceptors (Lipinski definition) is 14. The van der Waals surface area contributed by atoms with Gasteiger partial charge >= 0.3 is 17.9 Å². The Morgan fingerprint density at radius 3 is 2.24 bits per heavy atom. The molecule has 0 spiro atoms. The van der Waals surface area contributed by atoms with E-state index in [2.05, 4.69) is 0 Å². The number of aliphatic hydroxyl groups excluding tert-OH is 3. The molecule has 9 unspecified atom stereocenters. The van der Waals surface area contributed by atoms with Gasteiger partial charge in [-0.15, -0.1) is 0 Å². The molecule has 0 aromatic heterocycles. The molecule has 1 aliphatic carbocycles. The molecule has 15 heteroatoms. The summed E-state index contributed by atoms with van der Waals surface area (Å²) in [6.45, 7) is 1.01. The average molecular weight is 685 g/mol. The zero-order chi connectivity index (χ0) is 35.5. The first-order valence-electron chi connectivity index (χ1n) is 15.3. The first-order chi connectivity index (χ1) is 23.3. The molecular weight excluding hydrogens is 648 g/mol. The predicted molar refractivity (Wildman–Crippen MR) is 166 cm³/mol. The van der Waals surface area contributed by atoms with Crippen LogP contribution < -0.4 is 0 Å². The first-order valence-corrected chi connectivity index (χ1v) is 15.3. The Hall–Kier alpha value is -4.93. The lowest BCUT2D eigenvalue weighted by Gasteiger charge is -2.44. The summed E-state index contributed by atoms with van der Waals surface area (Å²) >= 11 is 0. The Morgan fingerprint density at radius 2 is 1.55 bits per heavy atom. The number of esters is 2. The Morgan fingerprint density at radius 1 is 0.878 bits per heavy atom. The van der Waals surface area contributed by atoms with Gasteiger partial charge in [-0.05, 0) is 67.3 Å². The third-order valence-electron chi connectivity index (χ3n) is 8.74. The summed E-state index contributed by atoms with van der Waals surface area (Å²) in [7, 11) is 0. The van der Waals surface area contributed by atoms with Gasteiger partial charge < -0.3 is 59.4 Å². The maximum atomic E-state index is 12.9. The summed E-state index contributed by atoms with van der Waals surface area (Å²) in [5.74, 6) is -5.18. The zero-order valence-electron chi connectivity index (χ0n) is 26.1. The number of carboxylic acids is 1. The van der Waals surface area contributed by atoms with Crippen LogP contribution in [0.25, 0.3) is 12.2 Å². The lowest BCUT2D eigenvalue weighted by atomic mass is 9.81. The molecule has 0 amide bonds. The number of aliphatic carboxylic acids is 1. The summed E-state index contributed by atoms with van der Waals surface area (Å²) in [4.78, 5) is 37.3. The molecule has 2 aromatic carbocycles. The average Bonchev–Trinajstić information content (AvgIpc) is 3.41. The van der Waals surface area contributed by atoms with E-state index in [1.165, 1.54) is 48.6 Å². The lowest BCUT2D eigenvalue weighted by Crippen LogP contribution is -2.61. The van der Waals surface area contributed by atoms with Crippen molar-refractivity contribution in [3.8, 4) is 17.2 Å². The zero-order valence-corrected chi connectivity index (χ0v) is 26.1. The minimum atomic E-state index is -1.82. The van der Waals surface area contributed by atoms with Gasteiger partial charge in [-0.1, -0.05) is 18.2 Å². The van der Waals surface area contributed by atoms with E-state index < -0.39 is 84.7 Å². The molecule has 15 nitrogen and oxygen atoms in total. The number of aromatic hydroxyl groups is 3. The maximum Gasteiger partial charge on any atom is 0.334 e. The van der Waals surface area contributed by atoms with E-state index in [0.717, 1.165) is 12.3 Å². The number of carboxylic acid groups (broad SMARTS) is 1. The molecule has 0 bridgehead atoms. The topological polar surface area (TPSA) is 239 Å². The predicted octanol–water partition coefficient (Wildman–Crippen LogP) is 1.55. The van der Waals surface area contributed by atoms with Gasteiger partial charge in [0.05, 0.1) is 17.8 Å². The van der Waals surface area contributed by atoms with Crippen LogP contribution in [-0.4, -0.2) is 103 Å². The van der Waals surface area contributed by atoms with Crippen LogP contribution in [0, 0.1) is 11.8 Å². The molecule has 1 saturated carbocycles.